The number of carboxylic acid groups (broad SMARTS) is 1. The largest absolute Gasteiger partial charge is 0.493 e. The van der Waals surface area contributed by atoms with E-state index in [4.69, 9.17) is 4.74 Å². The molecular weight excluding hydrogens is 324 g/mol. The fraction of sp³-hybridized carbons (Fsp3) is 0.435. The highest BCUT2D eigenvalue weighted by atomic mass is 16.5. The van der Waals surface area contributed by atoms with E-state index in [9.17, 15) is 9.90 Å². The van der Waals surface area contributed by atoms with Crippen LogP contribution in [-0.4, -0.2) is 17.7 Å². The van der Waals surface area contributed by atoms with Crippen LogP contribution in [0.3, 0.4) is 0 Å². The second-order valence-electron chi connectivity index (χ2n) is 7.90. The number of hydrogen-bond donors (Lipinski definition) is 1. The average Bonchev–Trinajstić information content (AvgIpc) is 3.42. The third-order valence-corrected chi connectivity index (χ3v) is 4.91. The standard InChI is InChI=1S/C23H28O3/c1-15(2)11-21(23(24)25)19-9-10-22(26-14-17-7-8-17)20(13-19)18-6-4-5-16(3)12-18/h4-6,9-10,12-13,15,17,21H,7-8,11,14H2,1-3H3,(H,24,25). The molecule has 3 nitrogen and oxygen atoms in total. The summed E-state index contributed by atoms with van der Waals surface area (Å²) in [6, 6.07) is 14.2. The van der Waals surface area contributed by atoms with Crippen LogP contribution < -0.4 is 4.74 Å². The van der Waals surface area contributed by atoms with Crippen molar-refractivity contribution in [3.63, 3.8) is 0 Å². The molecule has 0 amide bonds. The van der Waals surface area contributed by atoms with E-state index in [1.807, 2.05) is 24.3 Å². The molecule has 1 atom stereocenters. The predicted octanol–water partition coefficient (Wildman–Crippen LogP) is 5.67. The number of rotatable bonds is 8. The zero-order valence-electron chi connectivity index (χ0n) is 15.9. The molecule has 26 heavy (non-hydrogen) atoms. The zero-order chi connectivity index (χ0) is 18.7. The van der Waals surface area contributed by atoms with E-state index in [0.717, 1.165) is 29.0 Å². The second-order valence-corrected chi connectivity index (χ2v) is 7.90. The normalized spacial score (nSPS) is 15.1. The van der Waals surface area contributed by atoms with Crippen LogP contribution in [0.25, 0.3) is 11.1 Å². The molecule has 1 fully saturated rings. The third kappa shape index (κ3) is 4.66. The third-order valence-electron chi connectivity index (χ3n) is 4.91. The van der Waals surface area contributed by atoms with Crippen LogP contribution in [0.2, 0.25) is 0 Å². The Morgan fingerprint density at radius 3 is 2.58 bits per heavy atom. The van der Waals surface area contributed by atoms with Crippen LogP contribution >= 0.6 is 0 Å². The first-order valence-corrected chi connectivity index (χ1v) is 9.50. The van der Waals surface area contributed by atoms with Gasteiger partial charge >= 0.3 is 5.97 Å². The highest BCUT2D eigenvalue weighted by Gasteiger charge is 2.25. The predicted molar refractivity (Wildman–Crippen MR) is 105 cm³/mol. The summed E-state index contributed by atoms with van der Waals surface area (Å²) in [4.78, 5) is 11.8. The molecule has 2 aromatic carbocycles. The molecule has 3 rings (SSSR count). The maximum Gasteiger partial charge on any atom is 0.310 e. The minimum absolute atomic E-state index is 0.323. The van der Waals surface area contributed by atoms with Crippen molar-refractivity contribution in [2.45, 2.75) is 46.0 Å². The quantitative estimate of drug-likeness (QED) is 0.666. The molecule has 138 valence electrons. The molecule has 2 aromatic rings. The molecule has 0 bridgehead atoms. The monoisotopic (exact) mass is 352 g/mol. The highest BCUT2D eigenvalue weighted by molar-refractivity contribution is 5.79. The van der Waals surface area contributed by atoms with Gasteiger partial charge in [0.25, 0.3) is 0 Å². The number of aliphatic carboxylic acids is 1. The Bertz CT molecular complexity index is 775. The van der Waals surface area contributed by atoms with E-state index in [2.05, 4.69) is 39.0 Å². The van der Waals surface area contributed by atoms with E-state index in [1.54, 1.807) is 0 Å². The van der Waals surface area contributed by atoms with Crippen LogP contribution in [0, 0.1) is 18.8 Å². The average molecular weight is 352 g/mol. The SMILES string of the molecule is Cc1cccc(-c2cc(C(CC(C)C)C(=O)O)ccc2OCC2CC2)c1. The maximum absolute atomic E-state index is 11.8. The summed E-state index contributed by atoms with van der Waals surface area (Å²) in [6.45, 7) is 6.93. The molecule has 0 heterocycles. The van der Waals surface area contributed by atoms with Gasteiger partial charge in [0, 0.05) is 5.56 Å². The molecule has 3 heteroatoms. The van der Waals surface area contributed by atoms with Crippen molar-refractivity contribution < 1.29 is 14.6 Å². The van der Waals surface area contributed by atoms with Crippen molar-refractivity contribution in [3.05, 3.63) is 53.6 Å². The summed E-state index contributed by atoms with van der Waals surface area (Å²) in [5.74, 6) is 0.591. The van der Waals surface area contributed by atoms with Crippen LogP contribution in [0.5, 0.6) is 5.75 Å². The lowest BCUT2D eigenvalue weighted by molar-refractivity contribution is -0.139. The van der Waals surface area contributed by atoms with Gasteiger partial charge in [0.1, 0.15) is 5.75 Å². The zero-order valence-corrected chi connectivity index (χ0v) is 15.9. The minimum atomic E-state index is -0.763. The van der Waals surface area contributed by atoms with Crippen molar-refractivity contribution in [2.24, 2.45) is 11.8 Å². The first-order chi connectivity index (χ1) is 12.4. The Morgan fingerprint density at radius 2 is 1.96 bits per heavy atom. The van der Waals surface area contributed by atoms with Crippen LogP contribution in [0.1, 0.15) is 50.2 Å². The van der Waals surface area contributed by atoms with Gasteiger partial charge in [-0.2, -0.15) is 0 Å². The number of carboxylic acids is 1. The summed E-state index contributed by atoms with van der Waals surface area (Å²) in [5.41, 5.74) is 4.09. The van der Waals surface area contributed by atoms with E-state index in [0.29, 0.717) is 18.3 Å². The van der Waals surface area contributed by atoms with Crippen molar-refractivity contribution in [3.8, 4) is 16.9 Å². The van der Waals surface area contributed by atoms with Crippen LogP contribution in [0.4, 0.5) is 0 Å². The van der Waals surface area contributed by atoms with Gasteiger partial charge in [-0.15, -0.1) is 0 Å². The smallest absolute Gasteiger partial charge is 0.310 e. The molecule has 0 aliphatic heterocycles. The lowest BCUT2D eigenvalue weighted by Gasteiger charge is -2.19. The van der Waals surface area contributed by atoms with Crippen LogP contribution in [-0.2, 0) is 4.79 Å². The fourth-order valence-electron chi connectivity index (χ4n) is 3.27. The molecule has 0 spiro atoms. The number of carbonyl (C=O) groups is 1. The lowest BCUT2D eigenvalue weighted by atomic mass is 9.88. The topological polar surface area (TPSA) is 46.5 Å². The first kappa shape index (κ1) is 18.5. The molecular formula is C23H28O3. The molecule has 0 aromatic heterocycles. The Labute approximate surface area is 156 Å². The minimum Gasteiger partial charge on any atom is -0.493 e. The maximum atomic E-state index is 11.8. The van der Waals surface area contributed by atoms with Gasteiger partial charge in [-0.1, -0.05) is 49.7 Å². The van der Waals surface area contributed by atoms with E-state index >= 15 is 0 Å². The van der Waals surface area contributed by atoms with Crippen molar-refractivity contribution in [1.82, 2.24) is 0 Å². The van der Waals surface area contributed by atoms with Gasteiger partial charge in [0.05, 0.1) is 12.5 Å². The molecule has 0 saturated heterocycles. The van der Waals surface area contributed by atoms with E-state index < -0.39 is 11.9 Å². The van der Waals surface area contributed by atoms with Gasteiger partial charge in [0.15, 0.2) is 0 Å². The molecule has 1 aliphatic rings. The first-order valence-electron chi connectivity index (χ1n) is 9.50. The highest BCUT2D eigenvalue weighted by Crippen LogP contribution is 2.37. The Kier molecular flexibility index (Phi) is 5.65. The Morgan fingerprint density at radius 1 is 1.19 bits per heavy atom. The summed E-state index contributed by atoms with van der Waals surface area (Å²) in [7, 11) is 0. The van der Waals surface area contributed by atoms with E-state index in [-0.39, 0.29) is 0 Å². The van der Waals surface area contributed by atoms with Gasteiger partial charge in [-0.3, -0.25) is 4.79 Å². The lowest BCUT2D eigenvalue weighted by Crippen LogP contribution is -2.14. The molecule has 0 radical (unpaired) electrons. The summed E-state index contributed by atoms with van der Waals surface area (Å²) < 4.78 is 6.08. The van der Waals surface area contributed by atoms with Crippen LogP contribution in [0.15, 0.2) is 42.5 Å². The number of benzene rings is 2. The van der Waals surface area contributed by atoms with Gasteiger partial charge < -0.3 is 9.84 Å². The van der Waals surface area contributed by atoms with Gasteiger partial charge in [0.2, 0.25) is 0 Å². The number of hydrogen-bond acceptors (Lipinski definition) is 2. The summed E-state index contributed by atoms with van der Waals surface area (Å²) in [5, 5.41) is 9.70. The molecule has 1 aliphatic carbocycles. The summed E-state index contributed by atoms with van der Waals surface area (Å²) >= 11 is 0. The fourth-order valence-corrected chi connectivity index (χ4v) is 3.27. The van der Waals surface area contributed by atoms with E-state index in [1.165, 1.54) is 18.4 Å². The second kappa shape index (κ2) is 7.94. The molecule has 1 N–H and O–H groups in total. The number of ether oxygens (including phenoxy) is 1. The van der Waals surface area contributed by atoms with Crippen molar-refractivity contribution in [2.75, 3.05) is 6.61 Å². The van der Waals surface area contributed by atoms with Crippen molar-refractivity contribution >= 4 is 5.97 Å². The van der Waals surface area contributed by atoms with Gasteiger partial charge in [-0.25, -0.2) is 0 Å². The Balaban J connectivity index is 1.99. The molecule has 1 saturated carbocycles. The Hall–Kier alpha value is -2.29. The van der Waals surface area contributed by atoms with Gasteiger partial charge in [-0.05, 0) is 61.3 Å². The number of aryl methyl sites for hydroxylation is 1. The molecule has 1 unspecified atom stereocenters. The van der Waals surface area contributed by atoms with Crippen molar-refractivity contribution in [1.29, 1.82) is 0 Å². The summed E-state index contributed by atoms with van der Waals surface area (Å²) in [6.07, 6.45) is 3.12.